The normalized spacial score (nSPS) is 28.8. The van der Waals surface area contributed by atoms with Gasteiger partial charge in [0.05, 0.1) is 0 Å². The molecule has 1 saturated carbocycles. The Morgan fingerprint density at radius 3 is 2.88 bits per heavy atom. The summed E-state index contributed by atoms with van der Waals surface area (Å²) in [6.45, 7) is 4.19. The van der Waals surface area contributed by atoms with E-state index in [1.807, 2.05) is 6.92 Å². The number of hydrogen-bond donors (Lipinski definition) is 3. The van der Waals surface area contributed by atoms with Crippen LogP contribution in [0.2, 0.25) is 0 Å². The Morgan fingerprint density at radius 2 is 2.25 bits per heavy atom. The number of amides is 1. The van der Waals surface area contributed by atoms with Gasteiger partial charge in [0.25, 0.3) is 0 Å². The third-order valence-corrected chi connectivity index (χ3v) is 4.06. The van der Waals surface area contributed by atoms with Crippen LogP contribution < -0.4 is 10.6 Å². The molecule has 1 aliphatic heterocycles. The molecular formula is C12H22N2O2. The monoisotopic (exact) mass is 226 g/mol. The standard InChI is InChI=1S/C12H22N2O2/c1-9(2-7-15)14-11(16)10-8-12(10)3-5-13-6-4-12/h9-10,13,15H,2-8H2,1H3,(H,14,16). The Kier molecular flexibility index (Phi) is 3.50. The number of rotatable bonds is 4. The van der Waals surface area contributed by atoms with Crippen molar-refractivity contribution in [2.45, 2.75) is 38.6 Å². The number of aliphatic hydroxyl groups excluding tert-OH is 1. The lowest BCUT2D eigenvalue weighted by Gasteiger charge is -2.23. The second-order valence-corrected chi connectivity index (χ2v) is 5.29. The van der Waals surface area contributed by atoms with Crippen molar-refractivity contribution in [3.8, 4) is 0 Å². The van der Waals surface area contributed by atoms with Crippen LogP contribution in [-0.4, -0.2) is 36.8 Å². The topological polar surface area (TPSA) is 61.4 Å². The molecule has 0 aromatic heterocycles. The zero-order valence-electron chi connectivity index (χ0n) is 9.96. The van der Waals surface area contributed by atoms with Crippen LogP contribution in [0.15, 0.2) is 0 Å². The van der Waals surface area contributed by atoms with Gasteiger partial charge in [-0.2, -0.15) is 0 Å². The van der Waals surface area contributed by atoms with Crippen LogP contribution in [0.4, 0.5) is 0 Å². The van der Waals surface area contributed by atoms with Crippen LogP contribution in [0, 0.1) is 11.3 Å². The van der Waals surface area contributed by atoms with Gasteiger partial charge >= 0.3 is 0 Å². The summed E-state index contributed by atoms with van der Waals surface area (Å²) in [5, 5.41) is 15.1. The molecule has 2 rings (SSSR count). The largest absolute Gasteiger partial charge is 0.396 e. The number of carbonyl (C=O) groups excluding carboxylic acids is 1. The Bertz CT molecular complexity index is 262. The number of aliphatic hydroxyl groups is 1. The van der Waals surface area contributed by atoms with Crippen LogP contribution in [0.5, 0.6) is 0 Å². The van der Waals surface area contributed by atoms with Crippen molar-refractivity contribution < 1.29 is 9.90 Å². The molecule has 0 aromatic carbocycles. The summed E-state index contributed by atoms with van der Waals surface area (Å²) in [7, 11) is 0. The minimum atomic E-state index is 0.0943. The molecule has 1 amide bonds. The molecule has 16 heavy (non-hydrogen) atoms. The molecule has 0 bridgehead atoms. The molecule has 2 fully saturated rings. The van der Waals surface area contributed by atoms with Gasteiger partial charge < -0.3 is 15.7 Å². The average molecular weight is 226 g/mol. The summed E-state index contributed by atoms with van der Waals surface area (Å²) >= 11 is 0. The van der Waals surface area contributed by atoms with Crippen molar-refractivity contribution in [3.63, 3.8) is 0 Å². The third kappa shape index (κ3) is 2.38. The highest BCUT2D eigenvalue weighted by Gasteiger charge is 2.57. The van der Waals surface area contributed by atoms with Gasteiger partial charge in [-0.05, 0) is 51.1 Å². The number of carbonyl (C=O) groups is 1. The molecule has 2 aliphatic rings. The highest BCUT2D eigenvalue weighted by atomic mass is 16.3. The van der Waals surface area contributed by atoms with E-state index in [1.54, 1.807) is 0 Å². The first kappa shape index (κ1) is 11.9. The second-order valence-electron chi connectivity index (χ2n) is 5.29. The number of piperidine rings is 1. The molecule has 1 heterocycles. The molecule has 2 unspecified atom stereocenters. The molecule has 1 saturated heterocycles. The van der Waals surface area contributed by atoms with Gasteiger partial charge in [0.15, 0.2) is 0 Å². The molecule has 2 atom stereocenters. The highest BCUT2D eigenvalue weighted by molar-refractivity contribution is 5.82. The van der Waals surface area contributed by atoms with E-state index in [0.717, 1.165) is 32.4 Å². The summed E-state index contributed by atoms with van der Waals surface area (Å²) in [6.07, 6.45) is 3.98. The van der Waals surface area contributed by atoms with Crippen LogP contribution in [0.1, 0.15) is 32.6 Å². The summed E-state index contributed by atoms with van der Waals surface area (Å²) in [6, 6.07) is 0.0943. The smallest absolute Gasteiger partial charge is 0.223 e. The van der Waals surface area contributed by atoms with Gasteiger partial charge in [-0.1, -0.05) is 0 Å². The fourth-order valence-electron chi connectivity index (χ4n) is 2.80. The summed E-state index contributed by atoms with van der Waals surface area (Å²) in [5.74, 6) is 0.429. The first-order valence-corrected chi connectivity index (χ1v) is 6.30. The quantitative estimate of drug-likeness (QED) is 0.644. The minimum absolute atomic E-state index is 0.0943. The zero-order valence-corrected chi connectivity index (χ0v) is 9.96. The maximum absolute atomic E-state index is 12.0. The van der Waals surface area contributed by atoms with Crippen molar-refractivity contribution in [2.75, 3.05) is 19.7 Å². The lowest BCUT2D eigenvalue weighted by Crippen LogP contribution is -2.37. The Morgan fingerprint density at radius 1 is 1.56 bits per heavy atom. The van der Waals surface area contributed by atoms with Gasteiger partial charge in [-0.15, -0.1) is 0 Å². The predicted molar refractivity (Wildman–Crippen MR) is 62.0 cm³/mol. The van der Waals surface area contributed by atoms with Crippen LogP contribution >= 0.6 is 0 Å². The van der Waals surface area contributed by atoms with Gasteiger partial charge in [-0.25, -0.2) is 0 Å². The van der Waals surface area contributed by atoms with Crippen LogP contribution in [-0.2, 0) is 4.79 Å². The lowest BCUT2D eigenvalue weighted by molar-refractivity contribution is -0.124. The molecule has 1 aliphatic carbocycles. The number of nitrogens with one attached hydrogen (secondary N) is 2. The minimum Gasteiger partial charge on any atom is -0.396 e. The van der Waals surface area contributed by atoms with Gasteiger partial charge in [-0.3, -0.25) is 4.79 Å². The van der Waals surface area contributed by atoms with Crippen molar-refractivity contribution >= 4 is 5.91 Å². The van der Waals surface area contributed by atoms with E-state index in [9.17, 15) is 4.79 Å². The average Bonchev–Trinajstić information content (AvgIpc) is 2.93. The van der Waals surface area contributed by atoms with Crippen molar-refractivity contribution in [1.29, 1.82) is 0 Å². The third-order valence-electron chi connectivity index (χ3n) is 4.06. The molecule has 4 heteroatoms. The van der Waals surface area contributed by atoms with Gasteiger partial charge in [0.1, 0.15) is 0 Å². The number of hydrogen-bond acceptors (Lipinski definition) is 3. The van der Waals surface area contributed by atoms with Crippen LogP contribution in [0.3, 0.4) is 0 Å². The predicted octanol–water partition coefficient (Wildman–Crippen LogP) is 0.263. The SMILES string of the molecule is CC(CCO)NC(=O)C1CC12CCNCC2. The van der Waals surface area contributed by atoms with E-state index < -0.39 is 0 Å². The second kappa shape index (κ2) is 4.72. The molecule has 92 valence electrons. The molecule has 1 spiro atoms. The first-order chi connectivity index (χ1) is 7.68. The summed E-state index contributed by atoms with van der Waals surface area (Å²) < 4.78 is 0. The zero-order chi connectivity index (χ0) is 11.6. The molecule has 0 aromatic rings. The van der Waals surface area contributed by atoms with E-state index in [2.05, 4.69) is 10.6 Å². The van der Waals surface area contributed by atoms with E-state index in [1.165, 1.54) is 0 Å². The lowest BCUT2D eigenvalue weighted by atomic mass is 9.91. The Balaban J connectivity index is 1.79. The molecular weight excluding hydrogens is 204 g/mol. The van der Waals surface area contributed by atoms with E-state index >= 15 is 0 Å². The van der Waals surface area contributed by atoms with Gasteiger partial charge in [0.2, 0.25) is 5.91 Å². The summed E-state index contributed by atoms with van der Waals surface area (Å²) in [4.78, 5) is 12.0. The molecule has 4 nitrogen and oxygen atoms in total. The Hall–Kier alpha value is -0.610. The van der Waals surface area contributed by atoms with Crippen molar-refractivity contribution in [2.24, 2.45) is 11.3 Å². The molecule has 3 N–H and O–H groups in total. The van der Waals surface area contributed by atoms with Crippen molar-refractivity contribution in [3.05, 3.63) is 0 Å². The molecule has 0 radical (unpaired) electrons. The fraction of sp³-hybridized carbons (Fsp3) is 0.917. The van der Waals surface area contributed by atoms with E-state index in [4.69, 9.17) is 5.11 Å². The maximum Gasteiger partial charge on any atom is 0.223 e. The van der Waals surface area contributed by atoms with Crippen LogP contribution in [0.25, 0.3) is 0 Å². The van der Waals surface area contributed by atoms with Gasteiger partial charge in [0, 0.05) is 18.6 Å². The van der Waals surface area contributed by atoms with E-state index in [0.29, 0.717) is 11.8 Å². The first-order valence-electron chi connectivity index (χ1n) is 6.30. The Labute approximate surface area is 96.8 Å². The maximum atomic E-state index is 12.0. The fourth-order valence-corrected chi connectivity index (χ4v) is 2.80. The van der Waals surface area contributed by atoms with E-state index in [-0.39, 0.29) is 24.5 Å². The summed E-state index contributed by atoms with van der Waals surface area (Å²) in [5.41, 5.74) is 0.314. The van der Waals surface area contributed by atoms with Crippen molar-refractivity contribution in [1.82, 2.24) is 10.6 Å². The highest BCUT2D eigenvalue weighted by Crippen LogP contribution is 2.58.